The summed E-state index contributed by atoms with van der Waals surface area (Å²) in [5.41, 5.74) is 8.06. The molecule has 0 amide bonds. The van der Waals surface area contributed by atoms with Gasteiger partial charge in [-0.05, 0) is 23.3 Å². The van der Waals surface area contributed by atoms with Crippen LogP contribution in [0.5, 0.6) is 0 Å². The van der Waals surface area contributed by atoms with E-state index in [1.54, 1.807) is 12.1 Å². The quantitative estimate of drug-likeness (QED) is 0.396. The van der Waals surface area contributed by atoms with E-state index in [2.05, 4.69) is 5.32 Å². The number of carbonyl (C=O) groups is 2. The minimum absolute atomic E-state index is 0.343. The van der Waals surface area contributed by atoms with Gasteiger partial charge in [0.15, 0.2) is 6.29 Å². The number of ketones is 1. The summed E-state index contributed by atoms with van der Waals surface area (Å²) in [5.74, 6) is -0.450. The lowest BCUT2D eigenvalue weighted by Crippen LogP contribution is -2.22. The number of nitrogens with one attached hydrogen (secondary N) is 1. The zero-order valence-electron chi connectivity index (χ0n) is 7.49. The molecule has 4 heteroatoms. The average molecular weight is 190 g/mol. The van der Waals surface area contributed by atoms with Crippen LogP contribution < -0.4 is 11.1 Å². The molecular formula is C10H10N2O2. The van der Waals surface area contributed by atoms with Crippen LogP contribution in [0.4, 0.5) is 5.69 Å². The van der Waals surface area contributed by atoms with E-state index in [0.29, 0.717) is 18.5 Å². The minimum atomic E-state index is -0.508. The maximum absolute atomic E-state index is 11.2. The normalized spacial score (nSPS) is 19.0. The zero-order chi connectivity index (χ0) is 10.1. The largest absolute Gasteiger partial charge is 0.399 e. The maximum Gasteiger partial charge on any atom is 0.216 e. The molecule has 0 saturated carbocycles. The number of Topliss-reactive ketones (excluding diaryl/α,β-unsaturated/α-hetero) is 1. The van der Waals surface area contributed by atoms with Gasteiger partial charge in [-0.25, -0.2) is 0 Å². The maximum atomic E-state index is 11.2. The van der Waals surface area contributed by atoms with Gasteiger partial charge in [0.25, 0.3) is 0 Å². The molecule has 1 unspecified atom stereocenters. The molecule has 0 aromatic heterocycles. The van der Waals surface area contributed by atoms with E-state index in [1.165, 1.54) is 0 Å². The first-order valence-electron chi connectivity index (χ1n) is 4.33. The van der Waals surface area contributed by atoms with Crippen LogP contribution in [-0.4, -0.2) is 12.1 Å². The van der Waals surface area contributed by atoms with Crippen molar-refractivity contribution in [2.24, 2.45) is 0 Å². The smallest absolute Gasteiger partial charge is 0.216 e. The average Bonchev–Trinajstić information content (AvgIpc) is 2.59. The van der Waals surface area contributed by atoms with Gasteiger partial charge in [0.2, 0.25) is 5.78 Å². The second-order valence-corrected chi connectivity index (χ2v) is 3.29. The number of aldehydes is 1. The summed E-state index contributed by atoms with van der Waals surface area (Å²) in [7, 11) is 0. The van der Waals surface area contributed by atoms with Crippen LogP contribution in [0, 0.1) is 0 Å². The zero-order valence-corrected chi connectivity index (χ0v) is 7.49. The molecule has 1 aliphatic heterocycles. The molecule has 2 rings (SSSR count). The van der Waals surface area contributed by atoms with Gasteiger partial charge in [0.1, 0.15) is 0 Å². The Balaban J connectivity index is 2.42. The van der Waals surface area contributed by atoms with Crippen molar-refractivity contribution in [3.05, 3.63) is 29.3 Å². The molecule has 1 atom stereocenters. The van der Waals surface area contributed by atoms with Crippen molar-refractivity contribution in [1.82, 2.24) is 5.32 Å². The van der Waals surface area contributed by atoms with E-state index in [0.717, 1.165) is 11.1 Å². The Hall–Kier alpha value is -1.68. The van der Waals surface area contributed by atoms with Crippen LogP contribution in [0.3, 0.4) is 0 Å². The van der Waals surface area contributed by atoms with Crippen molar-refractivity contribution < 1.29 is 9.59 Å². The molecule has 4 nitrogen and oxygen atoms in total. The lowest BCUT2D eigenvalue weighted by Gasteiger charge is -2.06. The van der Waals surface area contributed by atoms with Crippen LogP contribution >= 0.6 is 0 Å². The van der Waals surface area contributed by atoms with Crippen LogP contribution in [0.25, 0.3) is 0 Å². The highest BCUT2D eigenvalue weighted by molar-refractivity contribution is 6.27. The lowest BCUT2D eigenvalue weighted by molar-refractivity contribution is -0.131. The first kappa shape index (κ1) is 8.90. The molecular weight excluding hydrogens is 180 g/mol. The Labute approximate surface area is 81.1 Å². The predicted molar refractivity (Wildman–Crippen MR) is 51.5 cm³/mol. The highest BCUT2D eigenvalue weighted by atomic mass is 16.2. The highest BCUT2D eigenvalue weighted by Gasteiger charge is 2.27. The Bertz CT molecular complexity index is 401. The molecule has 0 radical (unpaired) electrons. The second kappa shape index (κ2) is 3.23. The standard InChI is InChI=1S/C10H10N2O2/c11-7-2-1-6-4-12-10(8(6)3-7)9(14)5-13/h1-3,5,10,12H,4,11H2. The Morgan fingerprint density at radius 2 is 2.36 bits per heavy atom. The Morgan fingerprint density at radius 1 is 1.57 bits per heavy atom. The number of anilines is 1. The molecule has 0 spiro atoms. The molecule has 1 aliphatic rings. The van der Waals surface area contributed by atoms with Crippen molar-refractivity contribution in [2.75, 3.05) is 5.73 Å². The van der Waals surface area contributed by atoms with Crippen molar-refractivity contribution in [2.45, 2.75) is 12.6 Å². The van der Waals surface area contributed by atoms with Gasteiger partial charge in [-0.1, -0.05) is 6.07 Å². The summed E-state index contributed by atoms with van der Waals surface area (Å²) in [5, 5.41) is 2.96. The summed E-state index contributed by atoms with van der Waals surface area (Å²) in [6, 6.07) is 4.89. The summed E-state index contributed by atoms with van der Waals surface area (Å²) in [4.78, 5) is 21.6. The third kappa shape index (κ3) is 1.29. The van der Waals surface area contributed by atoms with E-state index in [1.807, 2.05) is 6.07 Å². The van der Waals surface area contributed by atoms with Gasteiger partial charge in [0, 0.05) is 12.2 Å². The molecule has 72 valence electrons. The number of rotatable bonds is 2. The third-order valence-corrected chi connectivity index (χ3v) is 2.38. The molecule has 0 aliphatic carbocycles. The number of nitrogens with two attached hydrogens (primary N) is 1. The van der Waals surface area contributed by atoms with Crippen molar-refractivity contribution in [3.8, 4) is 0 Å². The van der Waals surface area contributed by atoms with Gasteiger partial charge in [0.05, 0.1) is 6.04 Å². The minimum Gasteiger partial charge on any atom is -0.399 e. The van der Waals surface area contributed by atoms with Crippen LogP contribution in [-0.2, 0) is 16.1 Å². The first-order chi connectivity index (χ1) is 6.72. The third-order valence-electron chi connectivity index (χ3n) is 2.38. The number of benzene rings is 1. The van der Waals surface area contributed by atoms with E-state index in [-0.39, 0.29) is 0 Å². The molecule has 1 aromatic rings. The van der Waals surface area contributed by atoms with E-state index in [4.69, 9.17) is 5.73 Å². The molecule has 1 aromatic carbocycles. The molecule has 0 saturated heterocycles. The van der Waals surface area contributed by atoms with E-state index in [9.17, 15) is 9.59 Å². The van der Waals surface area contributed by atoms with Crippen molar-refractivity contribution in [1.29, 1.82) is 0 Å². The number of fused-ring (bicyclic) bond motifs is 1. The SMILES string of the molecule is Nc1ccc2c(c1)C(C(=O)C=O)NC2. The van der Waals surface area contributed by atoms with Crippen LogP contribution in [0.1, 0.15) is 17.2 Å². The predicted octanol–water partition coefficient (Wildman–Crippen LogP) is 0.181. The monoisotopic (exact) mass is 190 g/mol. The summed E-state index contributed by atoms with van der Waals surface area (Å²) < 4.78 is 0. The van der Waals surface area contributed by atoms with Crippen LogP contribution in [0.2, 0.25) is 0 Å². The fraction of sp³-hybridized carbons (Fsp3) is 0.200. The number of nitrogen functional groups attached to an aromatic ring is 1. The summed E-state index contributed by atoms with van der Waals surface area (Å²) >= 11 is 0. The molecule has 14 heavy (non-hydrogen) atoms. The Morgan fingerprint density at radius 3 is 3.07 bits per heavy atom. The van der Waals surface area contributed by atoms with Crippen molar-refractivity contribution >= 4 is 17.8 Å². The molecule has 0 bridgehead atoms. The molecule has 0 fully saturated rings. The van der Waals surface area contributed by atoms with Gasteiger partial charge in [-0.3, -0.25) is 14.9 Å². The van der Waals surface area contributed by atoms with Gasteiger partial charge in [-0.15, -0.1) is 0 Å². The second-order valence-electron chi connectivity index (χ2n) is 3.29. The molecule has 1 heterocycles. The number of hydrogen-bond donors (Lipinski definition) is 2. The number of hydrogen-bond acceptors (Lipinski definition) is 4. The van der Waals surface area contributed by atoms with E-state index < -0.39 is 11.8 Å². The first-order valence-corrected chi connectivity index (χ1v) is 4.33. The lowest BCUT2D eigenvalue weighted by atomic mass is 10.0. The molecule has 3 N–H and O–H groups in total. The van der Waals surface area contributed by atoms with Gasteiger partial charge < -0.3 is 5.73 Å². The summed E-state index contributed by atoms with van der Waals surface area (Å²) in [6.45, 7) is 0.611. The summed E-state index contributed by atoms with van der Waals surface area (Å²) in [6.07, 6.45) is 0.343. The van der Waals surface area contributed by atoms with Gasteiger partial charge in [-0.2, -0.15) is 0 Å². The van der Waals surface area contributed by atoms with Crippen LogP contribution in [0.15, 0.2) is 18.2 Å². The Kier molecular flexibility index (Phi) is 2.05. The van der Waals surface area contributed by atoms with E-state index >= 15 is 0 Å². The van der Waals surface area contributed by atoms with Crippen molar-refractivity contribution in [3.63, 3.8) is 0 Å². The highest BCUT2D eigenvalue weighted by Crippen LogP contribution is 2.27. The number of carbonyl (C=O) groups excluding carboxylic acids is 2. The fourth-order valence-corrected chi connectivity index (χ4v) is 1.69. The topological polar surface area (TPSA) is 72.2 Å². The fourth-order valence-electron chi connectivity index (χ4n) is 1.69. The van der Waals surface area contributed by atoms with Gasteiger partial charge >= 0.3 is 0 Å².